The molecule has 0 N–H and O–H groups in total. The van der Waals surface area contributed by atoms with Gasteiger partial charge in [-0.2, -0.15) is 0 Å². The molecule has 35 heavy (non-hydrogen) atoms. The number of benzene rings is 2. The first-order valence-corrected chi connectivity index (χ1v) is 12.9. The van der Waals surface area contributed by atoms with Crippen LogP contribution in [0.4, 0.5) is 4.39 Å². The van der Waals surface area contributed by atoms with E-state index in [1.165, 1.54) is 17.0 Å². The molecule has 0 aliphatic carbocycles. The first-order valence-electron chi connectivity index (χ1n) is 12.0. The van der Waals surface area contributed by atoms with E-state index in [-0.39, 0.29) is 42.9 Å². The Kier molecular flexibility index (Phi) is 7.86. The van der Waals surface area contributed by atoms with Gasteiger partial charge < -0.3 is 14.5 Å². The Bertz CT molecular complexity index is 1160. The van der Waals surface area contributed by atoms with Crippen LogP contribution in [0.3, 0.4) is 0 Å². The maximum absolute atomic E-state index is 13.6. The highest BCUT2D eigenvalue weighted by molar-refractivity contribution is 7.10. The summed E-state index contributed by atoms with van der Waals surface area (Å²) >= 11 is 1.68. The lowest BCUT2D eigenvalue weighted by Crippen LogP contribution is -2.49. The third-order valence-electron chi connectivity index (χ3n) is 6.62. The van der Waals surface area contributed by atoms with Crippen molar-refractivity contribution in [1.29, 1.82) is 0 Å². The van der Waals surface area contributed by atoms with Crippen molar-refractivity contribution < 1.29 is 18.7 Å². The highest BCUT2D eigenvalue weighted by Crippen LogP contribution is 2.34. The van der Waals surface area contributed by atoms with Gasteiger partial charge in [0.05, 0.1) is 6.04 Å². The van der Waals surface area contributed by atoms with Gasteiger partial charge in [-0.1, -0.05) is 24.6 Å². The van der Waals surface area contributed by atoms with Crippen LogP contribution < -0.4 is 4.74 Å². The normalized spacial score (nSPS) is 15.9. The second-order valence-corrected chi connectivity index (χ2v) is 9.97. The highest BCUT2D eigenvalue weighted by atomic mass is 32.1. The molecule has 1 aliphatic heterocycles. The summed E-state index contributed by atoms with van der Waals surface area (Å²) in [6.45, 7) is 6.80. The Morgan fingerprint density at radius 3 is 2.54 bits per heavy atom. The van der Waals surface area contributed by atoms with E-state index in [1.807, 2.05) is 61.4 Å². The SMILES string of the molecule is CC[C@H](C)N(CC(=O)N1CCc2sccc2[C@H]1COc1ccc(F)cc1)C(=O)c1ccc(C)cc1. The fourth-order valence-electron chi connectivity index (χ4n) is 4.33. The van der Waals surface area contributed by atoms with E-state index in [9.17, 15) is 14.0 Å². The van der Waals surface area contributed by atoms with Crippen LogP contribution in [0.1, 0.15) is 52.7 Å². The zero-order chi connectivity index (χ0) is 24.9. The number of ether oxygens (including phenoxy) is 1. The number of rotatable bonds is 8. The van der Waals surface area contributed by atoms with Gasteiger partial charge in [0.25, 0.3) is 5.91 Å². The molecule has 0 saturated heterocycles. The van der Waals surface area contributed by atoms with Crippen LogP contribution >= 0.6 is 11.3 Å². The molecule has 2 amide bonds. The molecule has 0 radical (unpaired) electrons. The van der Waals surface area contributed by atoms with Gasteiger partial charge in [-0.3, -0.25) is 9.59 Å². The van der Waals surface area contributed by atoms with Crippen molar-refractivity contribution in [3.05, 3.63) is 87.4 Å². The number of amides is 2. The van der Waals surface area contributed by atoms with Crippen molar-refractivity contribution in [2.24, 2.45) is 0 Å². The number of carbonyl (C=O) groups is 2. The summed E-state index contributed by atoms with van der Waals surface area (Å²) in [7, 11) is 0. The molecular formula is C28H31FN2O3S. The molecule has 2 atom stereocenters. The number of carbonyl (C=O) groups excluding carboxylic acids is 2. The Morgan fingerprint density at radius 2 is 1.86 bits per heavy atom. The smallest absolute Gasteiger partial charge is 0.254 e. The number of hydrogen-bond donors (Lipinski definition) is 0. The van der Waals surface area contributed by atoms with Crippen molar-refractivity contribution in [3.8, 4) is 5.75 Å². The number of nitrogens with zero attached hydrogens (tertiary/aromatic N) is 2. The molecule has 2 heterocycles. The standard InChI is InChI=1S/C28H31FN2O3S/c1-4-20(3)31(28(33)21-7-5-19(2)6-8-21)17-27(32)30-15-13-26-24(14-16-35-26)25(30)18-34-23-11-9-22(29)10-12-23/h5-12,14,16,20,25H,4,13,15,17-18H2,1-3H3/t20-,25+/m0/s1. The molecule has 1 aliphatic rings. The van der Waals surface area contributed by atoms with E-state index in [0.717, 1.165) is 24.0 Å². The van der Waals surface area contributed by atoms with Crippen LogP contribution in [-0.4, -0.2) is 47.4 Å². The number of fused-ring (bicyclic) bond motifs is 1. The fourth-order valence-corrected chi connectivity index (χ4v) is 5.26. The largest absolute Gasteiger partial charge is 0.491 e. The number of halogens is 1. The molecule has 2 aromatic carbocycles. The third-order valence-corrected chi connectivity index (χ3v) is 7.62. The van der Waals surface area contributed by atoms with Gasteiger partial charge in [0.15, 0.2) is 0 Å². The van der Waals surface area contributed by atoms with Gasteiger partial charge in [-0.05, 0) is 80.1 Å². The van der Waals surface area contributed by atoms with Gasteiger partial charge in [-0.25, -0.2) is 4.39 Å². The molecule has 3 aromatic rings. The summed E-state index contributed by atoms with van der Waals surface area (Å²) in [6.07, 6.45) is 1.53. The summed E-state index contributed by atoms with van der Waals surface area (Å²) < 4.78 is 19.3. The van der Waals surface area contributed by atoms with E-state index in [2.05, 4.69) is 0 Å². The van der Waals surface area contributed by atoms with Crippen molar-refractivity contribution >= 4 is 23.2 Å². The number of aryl methyl sites for hydroxylation is 1. The predicted octanol–water partition coefficient (Wildman–Crippen LogP) is 5.64. The maximum atomic E-state index is 13.6. The molecule has 0 fully saturated rings. The minimum Gasteiger partial charge on any atom is -0.491 e. The van der Waals surface area contributed by atoms with E-state index >= 15 is 0 Å². The van der Waals surface area contributed by atoms with Gasteiger partial charge >= 0.3 is 0 Å². The molecule has 0 spiro atoms. The molecule has 4 rings (SSSR count). The van der Waals surface area contributed by atoms with E-state index in [0.29, 0.717) is 17.9 Å². The zero-order valence-electron chi connectivity index (χ0n) is 20.4. The highest BCUT2D eigenvalue weighted by Gasteiger charge is 2.34. The molecule has 7 heteroatoms. The van der Waals surface area contributed by atoms with E-state index in [4.69, 9.17) is 4.74 Å². The minimum atomic E-state index is -0.324. The molecule has 0 bridgehead atoms. The molecular weight excluding hydrogens is 463 g/mol. The maximum Gasteiger partial charge on any atom is 0.254 e. The summed E-state index contributed by atoms with van der Waals surface area (Å²) in [6, 6.07) is 15.0. The Labute approximate surface area is 210 Å². The van der Waals surface area contributed by atoms with Gasteiger partial charge in [0.2, 0.25) is 5.91 Å². The first-order chi connectivity index (χ1) is 16.9. The van der Waals surface area contributed by atoms with Crippen molar-refractivity contribution in [1.82, 2.24) is 9.80 Å². The van der Waals surface area contributed by atoms with Gasteiger partial charge in [0, 0.05) is 23.0 Å². The summed E-state index contributed by atoms with van der Waals surface area (Å²) in [5, 5.41) is 2.04. The van der Waals surface area contributed by atoms with Gasteiger partial charge in [-0.15, -0.1) is 11.3 Å². The van der Waals surface area contributed by atoms with Crippen molar-refractivity contribution in [2.75, 3.05) is 19.7 Å². The fraction of sp³-hybridized carbons (Fsp3) is 0.357. The average Bonchev–Trinajstić information content (AvgIpc) is 3.35. The van der Waals surface area contributed by atoms with Crippen LogP contribution in [0.5, 0.6) is 5.75 Å². The molecule has 5 nitrogen and oxygen atoms in total. The lowest BCUT2D eigenvalue weighted by atomic mass is 10.00. The van der Waals surface area contributed by atoms with Gasteiger partial charge in [0.1, 0.15) is 24.7 Å². The van der Waals surface area contributed by atoms with Crippen molar-refractivity contribution in [3.63, 3.8) is 0 Å². The van der Waals surface area contributed by atoms with E-state index < -0.39 is 0 Å². The minimum absolute atomic E-state index is 0.00817. The first kappa shape index (κ1) is 24.9. The molecule has 184 valence electrons. The predicted molar refractivity (Wildman–Crippen MR) is 136 cm³/mol. The number of hydrogen-bond acceptors (Lipinski definition) is 4. The lowest BCUT2D eigenvalue weighted by molar-refractivity contribution is -0.136. The van der Waals surface area contributed by atoms with Crippen LogP contribution in [0.25, 0.3) is 0 Å². The van der Waals surface area contributed by atoms with Crippen LogP contribution in [0, 0.1) is 12.7 Å². The van der Waals surface area contributed by atoms with E-state index in [1.54, 1.807) is 28.4 Å². The summed E-state index contributed by atoms with van der Waals surface area (Å²) in [4.78, 5) is 31.8. The molecule has 0 saturated carbocycles. The molecule has 1 aromatic heterocycles. The molecule has 0 unspecified atom stereocenters. The Hall–Kier alpha value is -3.19. The Morgan fingerprint density at radius 1 is 1.14 bits per heavy atom. The van der Waals surface area contributed by atoms with Crippen LogP contribution in [0.2, 0.25) is 0 Å². The quantitative estimate of drug-likeness (QED) is 0.407. The van der Waals surface area contributed by atoms with Crippen molar-refractivity contribution in [2.45, 2.75) is 45.7 Å². The third kappa shape index (κ3) is 5.73. The second kappa shape index (κ2) is 11.0. The second-order valence-electron chi connectivity index (χ2n) is 8.97. The lowest BCUT2D eigenvalue weighted by Gasteiger charge is -2.38. The summed E-state index contributed by atoms with van der Waals surface area (Å²) in [5.74, 6) is -0.0115. The number of thiophene rings is 1. The monoisotopic (exact) mass is 494 g/mol. The summed E-state index contributed by atoms with van der Waals surface area (Å²) in [5.41, 5.74) is 2.74. The van der Waals surface area contributed by atoms with Crippen LogP contribution in [-0.2, 0) is 11.2 Å². The van der Waals surface area contributed by atoms with Crippen LogP contribution in [0.15, 0.2) is 60.0 Å². The Balaban J connectivity index is 1.54. The zero-order valence-corrected chi connectivity index (χ0v) is 21.2. The average molecular weight is 495 g/mol. The topological polar surface area (TPSA) is 49.9 Å².